The first-order valence-corrected chi connectivity index (χ1v) is 8.15. The molecule has 0 radical (unpaired) electrons. The summed E-state index contributed by atoms with van der Waals surface area (Å²) in [4.78, 5) is 11.8. The maximum atomic E-state index is 11.8. The zero-order chi connectivity index (χ0) is 12.8. The summed E-state index contributed by atoms with van der Waals surface area (Å²) in [7, 11) is 0. The normalized spacial score (nSPS) is 28.7. The number of alkyl halides is 1. The minimum absolute atomic E-state index is 0.252. The summed E-state index contributed by atoms with van der Waals surface area (Å²) in [5, 5.41) is 3.12. The van der Waals surface area contributed by atoms with Gasteiger partial charge in [-0.25, -0.2) is 0 Å². The molecule has 2 aliphatic carbocycles. The van der Waals surface area contributed by atoms with Crippen LogP contribution in [0, 0.1) is 17.8 Å². The van der Waals surface area contributed by atoms with Gasteiger partial charge in [-0.2, -0.15) is 0 Å². The van der Waals surface area contributed by atoms with Crippen molar-refractivity contribution < 1.29 is 4.79 Å². The molecule has 2 saturated carbocycles. The van der Waals surface area contributed by atoms with Crippen molar-refractivity contribution in [1.82, 2.24) is 5.32 Å². The van der Waals surface area contributed by atoms with Crippen molar-refractivity contribution in [1.29, 1.82) is 0 Å². The summed E-state index contributed by atoms with van der Waals surface area (Å²) < 4.78 is 0. The van der Waals surface area contributed by atoms with E-state index in [1.807, 2.05) is 0 Å². The molecule has 1 amide bonds. The molecule has 2 rings (SSSR count). The smallest absolute Gasteiger partial charge is 0.220 e. The average Bonchev–Trinajstić information content (AvgIpc) is 3.04. The van der Waals surface area contributed by atoms with Gasteiger partial charge in [-0.05, 0) is 37.0 Å². The lowest BCUT2D eigenvalue weighted by atomic mass is 9.97. The summed E-state index contributed by atoms with van der Waals surface area (Å²) in [6.45, 7) is 0.848. The predicted molar refractivity (Wildman–Crippen MR) is 75.8 cm³/mol. The number of halogens is 1. The fourth-order valence-electron chi connectivity index (χ4n) is 3.55. The summed E-state index contributed by atoms with van der Waals surface area (Å²) >= 11 is 5.95. The summed E-state index contributed by atoms with van der Waals surface area (Å²) in [5.74, 6) is 3.07. The molecule has 0 aromatic rings. The topological polar surface area (TPSA) is 29.1 Å². The van der Waals surface area contributed by atoms with Crippen LogP contribution in [-0.2, 0) is 4.79 Å². The molecule has 2 nitrogen and oxygen atoms in total. The first-order chi connectivity index (χ1) is 8.79. The quantitative estimate of drug-likeness (QED) is 0.733. The molecule has 0 heterocycles. The maximum absolute atomic E-state index is 11.8. The number of nitrogens with one attached hydrogen (secondary N) is 1. The van der Waals surface area contributed by atoms with E-state index in [-0.39, 0.29) is 5.91 Å². The molecular weight excluding hydrogens is 246 g/mol. The van der Waals surface area contributed by atoms with Crippen LogP contribution in [0.25, 0.3) is 0 Å². The van der Waals surface area contributed by atoms with Gasteiger partial charge in [0, 0.05) is 18.8 Å². The van der Waals surface area contributed by atoms with Crippen molar-refractivity contribution in [3.63, 3.8) is 0 Å². The van der Waals surface area contributed by atoms with Crippen LogP contribution in [0.3, 0.4) is 0 Å². The zero-order valence-corrected chi connectivity index (χ0v) is 12.1. The highest BCUT2D eigenvalue weighted by molar-refractivity contribution is 6.18. The lowest BCUT2D eigenvalue weighted by molar-refractivity contribution is -0.121. The van der Waals surface area contributed by atoms with Crippen molar-refractivity contribution in [2.24, 2.45) is 17.8 Å². The standard InChI is InChI=1S/C15H26ClNO/c16-10-13-6-3-7-14(13)11-17-15(18)9-8-12-4-1-2-5-12/h12-14H,1-11H2,(H,17,18). The van der Waals surface area contributed by atoms with Gasteiger partial charge in [-0.3, -0.25) is 4.79 Å². The lowest BCUT2D eigenvalue weighted by Crippen LogP contribution is -2.31. The molecule has 0 bridgehead atoms. The molecule has 2 unspecified atom stereocenters. The Labute approximate surface area is 116 Å². The van der Waals surface area contributed by atoms with E-state index in [1.54, 1.807) is 0 Å². The second-order valence-electron chi connectivity index (χ2n) is 6.10. The van der Waals surface area contributed by atoms with Crippen LogP contribution < -0.4 is 5.32 Å². The van der Waals surface area contributed by atoms with Gasteiger partial charge in [0.25, 0.3) is 0 Å². The van der Waals surface area contributed by atoms with E-state index in [4.69, 9.17) is 11.6 Å². The Kier molecular flexibility index (Phi) is 5.81. The van der Waals surface area contributed by atoms with Crippen LogP contribution in [0.5, 0.6) is 0 Å². The summed E-state index contributed by atoms with van der Waals surface area (Å²) in [5.41, 5.74) is 0. The molecule has 0 spiro atoms. The van der Waals surface area contributed by atoms with Crippen LogP contribution >= 0.6 is 11.6 Å². The van der Waals surface area contributed by atoms with Crippen LogP contribution in [0.1, 0.15) is 57.8 Å². The Bertz CT molecular complexity index is 263. The SMILES string of the molecule is O=C(CCC1CCCC1)NCC1CCCC1CCl. The van der Waals surface area contributed by atoms with E-state index >= 15 is 0 Å². The number of carbonyl (C=O) groups is 1. The van der Waals surface area contributed by atoms with Crippen molar-refractivity contribution in [3.8, 4) is 0 Å². The lowest BCUT2D eigenvalue weighted by Gasteiger charge is -2.18. The second kappa shape index (κ2) is 7.37. The molecule has 2 fully saturated rings. The van der Waals surface area contributed by atoms with Crippen molar-refractivity contribution in [2.45, 2.75) is 57.8 Å². The molecule has 18 heavy (non-hydrogen) atoms. The van der Waals surface area contributed by atoms with E-state index in [0.717, 1.165) is 31.2 Å². The second-order valence-corrected chi connectivity index (χ2v) is 6.41. The third-order valence-corrected chi connectivity index (χ3v) is 5.23. The maximum Gasteiger partial charge on any atom is 0.220 e. The minimum atomic E-state index is 0.252. The average molecular weight is 272 g/mol. The third kappa shape index (κ3) is 4.15. The molecule has 1 N–H and O–H groups in total. The molecule has 0 aliphatic heterocycles. The van der Waals surface area contributed by atoms with Crippen LogP contribution in [0.2, 0.25) is 0 Å². The van der Waals surface area contributed by atoms with E-state index in [2.05, 4.69) is 5.32 Å². The summed E-state index contributed by atoms with van der Waals surface area (Å²) in [6, 6.07) is 0. The molecule has 2 aliphatic rings. The highest BCUT2D eigenvalue weighted by Crippen LogP contribution is 2.32. The number of carbonyl (C=O) groups excluding carboxylic acids is 1. The molecule has 0 saturated heterocycles. The summed E-state index contributed by atoms with van der Waals surface area (Å²) in [6.07, 6.45) is 11.0. The Balaban J connectivity index is 1.59. The van der Waals surface area contributed by atoms with E-state index < -0.39 is 0 Å². The van der Waals surface area contributed by atoms with Crippen LogP contribution in [0.15, 0.2) is 0 Å². The van der Waals surface area contributed by atoms with Gasteiger partial charge in [-0.1, -0.05) is 32.1 Å². The van der Waals surface area contributed by atoms with Gasteiger partial charge in [-0.15, -0.1) is 11.6 Å². The Morgan fingerprint density at radius 1 is 1.06 bits per heavy atom. The number of hydrogen-bond acceptors (Lipinski definition) is 1. The predicted octanol–water partition coefficient (Wildman–Crippen LogP) is 3.73. The Morgan fingerprint density at radius 2 is 1.78 bits per heavy atom. The van der Waals surface area contributed by atoms with Crippen molar-refractivity contribution in [3.05, 3.63) is 0 Å². The first-order valence-electron chi connectivity index (χ1n) is 7.62. The van der Waals surface area contributed by atoms with Gasteiger partial charge in [0.15, 0.2) is 0 Å². The van der Waals surface area contributed by atoms with Crippen LogP contribution in [0.4, 0.5) is 0 Å². The van der Waals surface area contributed by atoms with Gasteiger partial charge in [0.05, 0.1) is 0 Å². The van der Waals surface area contributed by atoms with Gasteiger partial charge >= 0.3 is 0 Å². The number of amides is 1. The minimum Gasteiger partial charge on any atom is -0.356 e. The van der Waals surface area contributed by atoms with E-state index in [9.17, 15) is 4.79 Å². The molecular formula is C15H26ClNO. The van der Waals surface area contributed by atoms with Crippen molar-refractivity contribution in [2.75, 3.05) is 12.4 Å². The van der Waals surface area contributed by atoms with Gasteiger partial charge < -0.3 is 5.32 Å². The Hall–Kier alpha value is -0.240. The molecule has 0 aromatic heterocycles. The molecule has 0 aromatic carbocycles. The Morgan fingerprint density at radius 3 is 2.50 bits per heavy atom. The van der Waals surface area contributed by atoms with Gasteiger partial charge in [0.1, 0.15) is 0 Å². The van der Waals surface area contributed by atoms with E-state index in [0.29, 0.717) is 11.8 Å². The van der Waals surface area contributed by atoms with Crippen molar-refractivity contribution >= 4 is 17.5 Å². The molecule has 3 heteroatoms. The number of hydrogen-bond donors (Lipinski definition) is 1. The third-order valence-electron chi connectivity index (χ3n) is 4.83. The molecule has 2 atom stereocenters. The molecule has 104 valence electrons. The largest absolute Gasteiger partial charge is 0.356 e. The van der Waals surface area contributed by atoms with Gasteiger partial charge in [0.2, 0.25) is 5.91 Å². The fourth-order valence-corrected chi connectivity index (χ4v) is 3.96. The number of rotatable bonds is 6. The highest BCUT2D eigenvalue weighted by atomic mass is 35.5. The fraction of sp³-hybridized carbons (Fsp3) is 0.933. The van der Waals surface area contributed by atoms with E-state index in [1.165, 1.54) is 44.9 Å². The zero-order valence-electron chi connectivity index (χ0n) is 11.3. The highest BCUT2D eigenvalue weighted by Gasteiger charge is 2.26. The van der Waals surface area contributed by atoms with Crippen LogP contribution in [-0.4, -0.2) is 18.3 Å². The first kappa shape index (κ1) is 14.2. The monoisotopic (exact) mass is 271 g/mol.